The summed E-state index contributed by atoms with van der Waals surface area (Å²) in [5.41, 5.74) is 4.36. The smallest absolute Gasteiger partial charge is 0.123 e. The number of hydrogen-bond acceptors (Lipinski definition) is 2. The first kappa shape index (κ1) is 14.7. The van der Waals surface area contributed by atoms with Gasteiger partial charge in [-0.2, -0.15) is 0 Å². The quantitative estimate of drug-likeness (QED) is 0.704. The number of halogens is 1. The Morgan fingerprint density at radius 1 is 1.18 bits per heavy atom. The second-order valence-corrected chi connectivity index (χ2v) is 5.53. The van der Waals surface area contributed by atoms with Crippen LogP contribution >= 0.6 is 0 Å². The number of nitrogens with one attached hydrogen (secondary N) is 1. The summed E-state index contributed by atoms with van der Waals surface area (Å²) in [7, 11) is 0. The number of imidazole rings is 1. The highest BCUT2D eigenvalue weighted by molar-refractivity contribution is 5.74. The summed E-state index contributed by atoms with van der Waals surface area (Å²) in [5.74, 6) is -0.173. The van der Waals surface area contributed by atoms with Gasteiger partial charge >= 0.3 is 0 Å². The van der Waals surface area contributed by atoms with Crippen molar-refractivity contribution in [3.63, 3.8) is 0 Å². The molecule has 1 N–H and O–H groups in total. The van der Waals surface area contributed by atoms with Gasteiger partial charge in [-0.05, 0) is 55.3 Å². The zero-order valence-corrected chi connectivity index (χ0v) is 12.7. The number of benzene rings is 2. The van der Waals surface area contributed by atoms with Crippen molar-refractivity contribution in [2.75, 3.05) is 6.54 Å². The van der Waals surface area contributed by atoms with E-state index in [0.717, 1.165) is 42.7 Å². The molecular formula is C18H20FN3. The molecule has 1 heterocycles. The number of nitrogens with zero attached hydrogens (tertiary/aromatic N) is 2. The maximum atomic E-state index is 13.0. The number of aryl methyl sites for hydroxylation is 2. The van der Waals surface area contributed by atoms with Crippen LogP contribution in [0.4, 0.5) is 4.39 Å². The molecule has 3 aromatic rings. The zero-order valence-electron chi connectivity index (χ0n) is 12.7. The fourth-order valence-corrected chi connectivity index (χ4v) is 2.64. The molecule has 0 saturated heterocycles. The summed E-state index contributed by atoms with van der Waals surface area (Å²) < 4.78 is 15.2. The van der Waals surface area contributed by atoms with Crippen LogP contribution in [0.25, 0.3) is 11.0 Å². The van der Waals surface area contributed by atoms with Crippen LogP contribution in [0.5, 0.6) is 0 Å². The van der Waals surface area contributed by atoms with E-state index in [9.17, 15) is 4.39 Å². The number of aromatic nitrogens is 2. The van der Waals surface area contributed by atoms with Gasteiger partial charge in [-0.25, -0.2) is 9.37 Å². The van der Waals surface area contributed by atoms with Gasteiger partial charge in [-0.15, -0.1) is 0 Å². The maximum absolute atomic E-state index is 13.0. The first-order valence-corrected chi connectivity index (χ1v) is 7.59. The average molecular weight is 297 g/mol. The van der Waals surface area contributed by atoms with Gasteiger partial charge in [0.05, 0.1) is 17.4 Å². The molecular weight excluding hydrogens is 277 g/mol. The van der Waals surface area contributed by atoms with Gasteiger partial charge in [0, 0.05) is 13.1 Å². The lowest BCUT2D eigenvalue weighted by molar-refractivity contribution is 0.586. The fraction of sp³-hybridized carbons (Fsp3) is 0.278. The maximum Gasteiger partial charge on any atom is 0.123 e. The van der Waals surface area contributed by atoms with Crippen molar-refractivity contribution in [3.05, 3.63) is 65.7 Å². The Balaban J connectivity index is 1.48. The number of rotatable bonds is 6. The van der Waals surface area contributed by atoms with E-state index in [1.807, 2.05) is 37.5 Å². The van der Waals surface area contributed by atoms with Gasteiger partial charge in [0.1, 0.15) is 5.82 Å². The molecule has 0 atom stereocenters. The van der Waals surface area contributed by atoms with Gasteiger partial charge in [0.25, 0.3) is 0 Å². The summed E-state index contributed by atoms with van der Waals surface area (Å²) in [6.07, 6.45) is 2.93. The van der Waals surface area contributed by atoms with E-state index >= 15 is 0 Å². The number of para-hydroxylation sites is 2. The average Bonchev–Trinajstić information content (AvgIpc) is 2.92. The molecule has 0 radical (unpaired) electrons. The standard InChI is InChI=1S/C18H20FN3/c1-14-11-16(19)8-7-15(14)12-20-9-4-10-22-13-21-17-5-2-3-6-18(17)22/h2-3,5-8,11,13,20H,4,9-10,12H2,1H3. The first-order chi connectivity index (χ1) is 10.7. The monoisotopic (exact) mass is 297 g/mol. The van der Waals surface area contributed by atoms with Crippen molar-refractivity contribution in [1.29, 1.82) is 0 Å². The molecule has 3 rings (SSSR count). The predicted octanol–water partition coefficient (Wildman–Crippen LogP) is 3.66. The third-order valence-electron chi connectivity index (χ3n) is 3.90. The molecule has 0 saturated carbocycles. The molecule has 0 spiro atoms. The highest BCUT2D eigenvalue weighted by Crippen LogP contribution is 2.12. The van der Waals surface area contributed by atoms with Gasteiger partial charge in [0.2, 0.25) is 0 Å². The largest absolute Gasteiger partial charge is 0.331 e. The molecule has 3 nitrogen and oxygen atoms in total. The lowest BCUT2D eigenvalue weighted by Gasteiger charge is -2.08. The predicted molar refractivity (Wildman–Crippen MR) is 87.2 cm³/mol. The molecule has 2 aromatic carbocycles. The first-order valence-electron chi connectivity index (χ1n) is 7.59. The zero-order chi connectivity index (χ0) is 15.4. The van der Waals surface area contributed by atoms with E-state index < -0.39 is 0 Å². The third-order valence-corrected chi connectivity index (χ3v) is 3.90. The third kappa shape index (κ3) is 3.34. The van der Waals surface area contributed by atoms with E-state index in [4.69, 9.17) is 0 Å². The minimum absolute atomic E-state index is 0.173. The molecule has 0 aliphatic heterocycles. The molecule has 114 valence electrons. The Labute approximate surface area is 129 Å². The Morgan fingerprint density at radius 2 is 2.05 bits per heavy atom. The van der Waals surface area contributed by atoms with Gasteiger partial charge in [-0.3, -0.25) is 0 Å². The van der Waals surface area contributed by atoms with Crippen molar-refractivity contribution in [2.45, 2.75) is 26.4 Å². The summed E-state index contributed by atoms with van der Waals surface area (Å²) in [5, 5.41) is 3.42. The van der Waals surface area contributed by atoms with Crippen molar-refractivity contribution in [1.82, 2.24) is 14.9 Å². The topological polar surface area (TPSA) is 29.9 Å². The Kier molecular flexibility index (Phi) is 4.49. The Morgan fingerprint density at radius 3 is 2.91 bits per heavy atom. The van der Waals surface area contributed by atoms with E-state index in [0.29, 0.717) is 0 Å². The van der Waals surface area contributed by atoms with Crippen molar-refractivity contribution < 1.29 is 4.39 Å². The van der Waals surface area contributed by atoms with Crippen molar-refractivity contribution in [3.8, 4) is 0 Å². The van der Waals surface area contributed by atoms with Crippen LogP contribution in [0, 0.1) is 12.7 Å². The SMILES string of the molecule is Cc1cc(F)ccc1CNCCCn1cnc2ccccc21. The van der Waals surface area contributed by atoms with E-state index in [1.54, 1.807) is 6.07 Å². The minimum Gasteiger partial charge on any atom is -0.331 e. The highest BCUT2D eigenvalue weighted by atomic mass is 19.1. The lowest BCUT2D eigenvalue weighted by Crippen LogP contribution is -2.17. The second-order valence-electron chi connectivity index (χ2n) is 5.53. The molecule has 0 aliphatic rings. The fourth-order valence-electron chi connectivity index (χ4n) is 2.64. The van der Waals surface area contributed by atoms with Crippen LogP contribution in [0.3, 0.4) is 0 Å². The summed E-state index contributed by atoms with van der Waals surface area (Å²) in [6.45, 7) is 4.58. The minimum atomic E-state index is -0.173. The molecule has 0 amide bonds. The lowest BCUT2D eigenvalue weighted by atomic mass is 10.1. The van der Waals surface area contributed by atoms with Crippen LogP contribution in [-0.2, 0) is 13.1 Å². The highest BCUT2D eigenvalue weighted by Gasteiger charge is 2.02. The molecule has 0 bridgehead atoms. The van der Waals surface area contributed by atoms with Crippen molar-refractivity contribution in [2.24, 2.45) is 0 Å². The van der Waals surface area contributed by atoms with Gasteiger partial charge in [-0.1, -0.05) is 18.2 Å². The van der Waals surface area contributed by atoms with Crippen LogP contribution in [0.1, 0.15) is 17.5 Å². The molecule has 4 heteroatoms. The van der Waals surface area contributed by atoms with Crippen LogP contribution in [0.2, 0.25) is 0 Å². The molecule has 22 heavy (non-hydrogen) atoms. The van der Waals surface area contributed by atoms with E-state index in [-0.39, 0.29) is 5.82 Å². The number of hydrogen-bond donors (Lipinski definition) is 1. The van der Waals surface area contributed by atoms with Crippen molar-refractivity contribution >= 4 is 11.0 Å². The van der Waals surface area contributed by atoms with Gasteiger partial charge in [0.15, 0.2) is 0 Å². The molecule has 0 fully saturated rings. The van der Waals surface area contributed by atoms with E-state index in [1.165, 1.54) is 11.6 Å². The van der Waals surface area contributed by atoms with Gasteiger partial charge < -0.3 is 9.88 Å². The molecule has 0 unspecified atom stereocenters. The summed E-state index contributed by atoms with van der Waals surface area (Å²) in [4.78, 5) is 4.39. The van der Waals surface area contributed by atoms with Crippen LogP contribution in [0.15, 0.2) is 48.8 Å². The summed E-state index contributed by atoms with van der Waals surface area (Å²) in [6, 6.07) is 13.1. The van der Waals surface area contributed by atoms with Crippen LogP contribution < -0.4 is 5.32 Å². The number of fused-ring (bicyclic) bond motifs is 1. The second kappa shape index (κ2) is 6.71. The molecule has 0 aliphatic carbocycles. The summed E-state index contributed by atoms with van der Waals surface area (Å²) >= 11 is 0. The normalized spacial score (nSPS) is 11.2. The Hall–Kier alpha value is -2.20. The van der Waals surface area contributed by atoms with Crippen LogP contribution in [-0.4, -0.2) is 16.1 Å². The Bertz CT molecular complexity index is 764. The molecule has 1 aromatic heterocycles. The van der Waals surface area contributed by atoms with E-state index in [2.05, 4.69) is 20.9 Å².